The first-order valence-corrected chi connectivity index (χ1v) is 11.0. The van der Waals surface area contributed by atoms with E-state index in [1.165, 1.54) is 19.5 Å². The van der Waals surface area contributed by atoms with Crippen molar-refractivity contribution >= 4 is 34.6 Å². The smallest absolute Gasteiger partial charge is 0.227 e. The van der Waals surface area contributed by atoms with Gasteiger partial charge in [-0.15, -0.1) is 0 Å². The van der Waals surface area contributed by atoms with Gasteiger partial charge in [-0.2, -0.15) is 0 Å². The lowest BCUT2D eigenvalue weighted by molar-refractivity contribution is -0.117. The summed E-state index contributed by atoms with van der Waals surface area (Å²) in [5.41, 5.74) is 3.03. The number of rotatable bonds is 6. The normalized spacial score (nSPS) is 23.1. The van der Waals surface area contributed by atoms with E-state index in [-0.39, 0.29) is 5.91 Å². The molecule has 1 aromatic rings. The second-order valence-electron chi connectivity index (χ2n) is 8.59. The number of piperidine rings is 1. The van der Waals surface area contributed by atoms with Crippen molar-refractivity contribution in [2.45, 2.75) is 46.5 Å². The molecule has 154 valence electrons. The van der Waals surface area contributed by atoms with Crippen LogP contribution < -0.4 is 15.5 Å². The summed E-state index contributed by atoms with van der Waals surface area (Å²) in [6.45, 7) is 12.0. The van der Waals surface area contributed by atoms with Crippen LogP contribution >= 0.6 is 12.2 Å². The van der Waals surface area contributed by atoms with Crippen LogP contribution in [0.5, 0.6) is 0 Å². The quantitative estimate of drug-likeness (QED) is 0.560. The molecule has 0 bridgehead atoms. The molecule has 2 heterocycles. The van der Waals surface area contributed by atoms with Crippen LogP contribution in [-0.2, 0) is 4.79 Å². The minimum Gasteiger partial charge on any atom is -0.362 e. The molecule has 0 spiro atoms. The summed E-state index contributed by atoms with van der Waals surface area (Å²) in [6.07, 6.45) is 4.02. The molecule has 1 amide bonds. The van der Waals surface area contributed by atoms with Crippen LogP contribution in [0.2, 0.25) is 0 Å². The summed E-state index contributed by atoms with van der Waals surface area (Å²) in [5, 5.41) is 7.23. The van der Waals surface area contributed by atoms with Gasteiger partial charge in [0.15, 0.2) is 5.11 Å². The zero-order valence-corrected chi connectivity index (χ0v) is 18.3. The molecule has 6 heteroatoms. The van der Waals surface area contributed by atoms with Crippen LogP contribution in [0.25, 0.3) is 0 Å². The molecule has 3 rings (SSSR count). The summed E-state index contributed by atoms with van der Waals surface area (Å²) in [6, 6.07) is 6.09. The zero-order chi connectivity index (χ0) is 20.1. The number of likely N-dealkylation sites (tertiary alicyclic amines) is 1. The third kappa shape index (κ3) is 5.67. The van der Waals surface area contributed by atoms with Gasteiger partial charge in [0, 0.05) is 44.0 Å². The Hall–Kier alpha value is -1.66. The highest BCUT2D eigenvalue weighted by molar-refractivity contribution is 7.80. The van der Waals surface area contributed by atoms with Gasteiger partial charge in [-0.05, 0) is 74.5 Å². The monoisotopic (exact) mass is 402 g/mol. The number of nitrogens with one attached hydrogen (secondary N) is 2. The highest BCUT2D eigenvalue weighted by atomic mass is 32.1. The lowest BCUT2D eigenvalue weighted by atomic mass is 9.92. The molecule has 0 saturated carbocycles. The van der Waals surface area contributed by atoms with E-state index >= 15 is 0 Å². The number of hydrogen-bond donors (Lipinski definition) is 2. The third-order valence-corrected chi connectivity index (χ3v) is 5.96. The first-order chi connectivity index (χ1) is 13.4. The van der Waals surface area contributed by atoms with Gasteiger partial charge >= 0.3 is 0 Å². The maximum atomic E-state index is 12.1. The number of carbonyl (C=O) groups is 1. The van der Waals surface area contributed by atoms with E-state index in [0.717, 1.165) is 61.2 Å². The van der Waals surface area contributed by atoms with Crippen LogP contribution in [-0.4, -0.2) is 48.6 Å². The Morgan fingerprint density at radius 3 is 2.68 bits per heavy atom. The Morgan fingerprint density at radius 1 is 1.25 bits per heavy atom. The zero-order valence-electron chi connectivity index (χ0n) is 17.5. The fourth-order valence-electron chi connectivity index (χ4n) is 4.54. The van der Waals surface area contributed by atoms with Gasteiger partial charge in [0.25, 0.3) is 0 Å². The summed E-state index contributed by atoms with van der Waals surface area (Å²) in [5.74, 6) is 1.82. The molecular weight excluding hydrogens is 368 g/mol. The molecule has 2 fully saturated rings. The van der Waals surface area contributed by atoms with E-state index in [4.69, 9.17) is 12.2 Å². The molecule has 2 saturated heterocycles. The van der Waals surface area contributed by atoms with Gasteiger partial charge in [-0.25, -0.2) is 0 Å². The van der Waals surface area contributed by atoms with Crippen LogP contribution in [0.4, 0.5) is 11.4 Å². The van der Waals surface area contributed by atoms with Crippen molar-refractivity contribution in [3.8, 4) is 0 Å². The number of nitrogens with zero attached hydrogens (tertiary/aromatic N) is 2. The van der Waals surface area contributed by atoms with Crippen molar-refractivity contribution in [2.75, 3.05) is 42.9 Å². The van der Waals surface area contributed by atoms with Gasteiger partial charge in [0.2, 0.25) is 5.91 Å². The van der Waals surface area contributed by atoms with Gasteiger partial charge in [0.1, 0.15) is 0 Å². The van der Waals surface area contributed by atoms with Gasteiger partial charge in [-0.1, -0.05) is 19.9 Å². The third-order valence-electron chi connectivity index (χ3n) is 5.71. The highest BCUT2D eigenvalue weighted by Crippen LogP contribution is 2.28. The maximum Gasteiger partial charge on any atom is 0.227 e. The number of anilines is 2. The second-order valence-corrected chi connectivity index (χ2v) is 9.00. The molecule has 2 aliphatic heterocycles. The molecule has 0 aliphatic carbocycles. The van der Waals surface area contributed by atoms with Crippen LogP contribution in [0.15, 0.2) is 18.2 Å². The predicted octanol–water partition coefficient (Wildman–Crippen LogP) is 3.78. The molecule has 0 unspecified atom stereocenters. The number of carbonyl (C=O) groups excluding carboxylic acids is 1. The summed E-state index contributed by atoms with van der Waals surface area (Å²) in [7, 11) is 0. The van der Waals surface area contributed by atoms with Crippen molar-refractivity contribution in [1.29, 1.82) is 0 Å². The van der Waals surface area contributed by atoms with Crippen molar-refractivity contribution in [1.82, 2.24) is 10.2 Å². The Morgan fingerprint density at radius 2 is 2.00 bits per heavy atom. The number of aryl methyl sites for hydroxylation is 1. The molecule has 1 aromatic carbocycles. The van der Waals surface area contributed by atoms with E-state index in [2.05, 4.69) is 29.4 Å². The first-order valence-electron chi connectivity index (χ1n) is 10.6. The molecule has 2 aliphatic rings. The lowest BCUT2D eigenvalue weighted by Gasteiger charge is -2.35. The van der Waals surface area contributed by atoms with Crippen molar-refractivity contribution in [3.63, 3.8) is 0 Å². The van der Waals surface area contributed by atoms with Crippen molar-refractivity contribution in [2.24, 2.45) is 11.8 Å². The van der Waals surface area contributed by atoms with Gasteiger partial charge in [0.05, 0.1) is 0 Å². The van der Waals surface area contributed by atoms with Gasteiger partial charge < -0.3 is 20.4 Å². The Labute approximate surface area is 174 Å². The highest BCUT2D eigenvalue weighted by Gasteiger charge is 2.23. The molecule has 5 nitrogen and oxygen atoms in total. The minimum atomic E-state index is 0.210. The van der Waals surface area contributed by atoms with E-state index in [9.17, 15) is 4.79 Å². The Kier molecular flexibility index (Phi) is 7.30. The van der Waals surface area contributed by atoms with E-state index in [0.29, 0.717) is 11.5 Å². The number of thiocarbonyl (C=S) groups is 1. The van der Waals surface area contributed by atoms with E-state index in [1.54, 1.807) is 0 Å². The number of benzene rings is 1. The van der Waals surface area contributed by atoms with Gasteiger partial charge in [-0.3, -0.25) is 4.79 Å². The summed E-state index contributed by atoms with van der Waals surface area (Å²) < 4.78 is 0. The van der Waals surface area contributed by atoms with Crippen LogP contribution in [0, 0.1) is 18.8 Å². The molecule has 0 radical (unpaired) electrons. The Bertz CT molecular complexity index is 698. The topological polar surface area (TPSA) is 47.6 Å². The standard InChI is InChI=1S/C22H34N4OS/c1-16-12-17(2)15-25(14-16)10-5-9-23-22(28)24-19-8-7-18(3)20(13-19)26-11-4-6-21(26)27/h7-8,13,16-17H,4-6,9-12,14-15H2,1-3H3,(H2,23,24,28)/t16-,17+. The van der Waals surface area contributed by atoms with Crippen LogP contribution in [0.3, 0.4) is 0 Å². The van der Waals surface area contributed by atoms with E-state index < -0.39 is 0 Å². The summed E-state index contributed by atoms with van der Waals surface area (Å²) >= 11 is 5.46. The number of hydrogen-bond acceptors (Lipinski definition) is 3. The molecule has 2 N–H and O–H groups in total. The van der Waals surface area contributed by atoms with Crippen molar-refractivity contribution in [3.05, 3.63) is 23.8 Å². The number of amides is 1. The fraction of sp³-hybridized carbons (Fsp3) is 0.636. The van der Waals surface area contributed by atoms with Crippen LogP contribution in [0.1, 0.15) is 45.1 Å². The average Bonchev–Trinajstić information content (AvgIpc) is 3.05. The SMILES string of the molecule is Cc1ccc(NC(=S)NCCCN2C[C@H](C)C[C@H](C)C2)cc1N1CCCC1=O. The van der Waals surface area contributed by atoms with Crippen molar-refractivity contribution < 1.29 is 4.79 Å². The second kappa shape index (κ2) is 9.70. The lowest BCUT2D eigenvalue weighted by Crippen LogP contribution is -2.40. The largest absolute Gasteiger partial charge is 0.362 e. The fourth-order valence-corrected chi connectivity index (χ4v) is 4.76. The molecule has 2 atom stereocenters. The van der Waals surface area contributed by atoms with E-state index in [1.807, 2.05) is 30.0 Å². The Balaban J connectivity index is 1.44. The molecule has 0 aromatic heterocycles. The maximum absolute atomic E-state index is 12.1. The minimum absolute atomic E-state index is 0.210. The predicted molar refractivity (Wildman–Crippen MR) is 121 cm³/mol. The summed E-state index contributed by atoms with van der Waals surface area (Å²) in [4.78, 5) is 16.5. The molecular formula is C22H34N4OS. The molecule has 28 heavy (non-hydrogen) atoms. The first kappa shape index (κ1) is 21.1. The average molecular weight is 403 g/mol.